The molecule has 1 saturated heterocycles. The van der Waals surface area contributed by atoms with E-state index in [1.54, 1.807) is 4.90 Å². The van der Waals surface area contributed by atoms with Crippen molar-refractivity contribution < 1.29 is 24.6 Å². The molecule has 158 valence electrons. The molecule has 1 unspecified atom stereocenters. The molecule has 1 heterocycles. The number of phenolic OH excluding ortho intramolecular Hbond substituents is 1. The number of carbonyl (C=O) groups excluding carboxylic acids is 2. The van der Waals surface area contributed by atoms with Crippen LogP contribution in [0.1, 0.15) is 37.0 Å². The highest BCUT2D eigenvalue weighted by Crippen LogP contribution is 2.33. The number of carboxylic acids is 1. The summed E-state index contributed by atoms with van der Waals surface area (Å²) in [6.07, 6.45) is 1.44. The fraction of sp³-hybridized carbons (Fsp3) is 0.348. The fourth-order valence-electron chi connectivity index (χ4n) is 3.86. The average molecular weight is 410 g/mol. The van der Waals surface area contributed by atoms with Gasteiger partial charge in [-0.3, -0.25) is 14.4 Å². The summed E-state index contributed by atoms with van der Waals surface area (Å²) in [4.78, 5) is 38.2. The first-order chi connectivity index (χ1) is 14.3. The minimum absolute atomic E-state index is 0.0859. The normalized spacial score (nSPS) is 16.0. The van der Waals surface area contributed by atoms with Crippen molar-refractivity contribution in [2.75, 3.05) is 16.8 Å². The molecule has 0 spiro atoms. The molecule has 1 atom stereocenters. The molecule has 1 aliphatic rings. The highest BCUT2D eigenvalue weighted by atomic mass is 16.4. The van der Waals surface area contributed by atoms with Gasteiger partial charge in [0.15, 0.2) is 0 Å². The molecule has 0 radical (unpaired) electrons. The molecule has 1 aliphatic heterocycles. The molecule has 30 heavy (non-hydrogen) atoms. The van der Waals surface area contributed by atoms with E-state index in [4.69, 9.17) is 5.11 Å². The number of phenols is 1. The summed E-state index contributed by atoms with van der Waals surface area (Å²) in [7, 11) is 0. The second kappa shape index (κ2) is 8.98. The number of amides is 2. The largest absolute Gasteiger partial charge is 0.506 e. The van der Waals surface area contributed by atoms with Gasteiger partial charge in [-0.2, -0.15) is 0 Å². The Labute approximate surface area is 175 Å². The smallest absolute Gasteiger partial charge is 0.307 e. The SMILES string of the molecule is CCc1cccc(CC)c1N1CC(C(=O)Nc2cc(CC(=O)O)ccc2O)CC1=O. The number of carbonyl (C=O) groups is 3. The van der Waals surface area contributed by atoms with Crippen LogP contribution in [-0.4, -0.2) is 34.5 Å². The quantitative estimate of drug-likeness (QED) is 0.608. The highest BCUT2D eigenvalue weighted by molar-refractivity contribution is 6.04. The molecule has 7 heteroatoms. The fourth-order valence-corrected chi connectivity index (χ4v) is 3.86. The van der Waals surface area contributed by atoms with Crippen molar-refractivity contribution >= 4 is 29.2 Å². The van der Waals surface area contributed by atoms with Crippen LogP contribution in [0, 0.1) is 5.92 Å². The van der Waals surface area contributed by atoms with Gasteiger partial charge in [0, 0.05) is 18.7 Å². The van der Waals surface area contributed by atoms with E-state index in [2.05, 4.69) is 5.32 Å². The third-order valence-electron chi connectivity index (χ3n) is 5.40. The number of benzene rings is 2. The van der Waals surface area contributed by atoms with Crippen molar-refractivity contribution in [2.24, 2.45) is 5.92 Å². The molecule has 3 rings (SSSR count). The summed E-state index contributed by atoms with van der Waals surface area (Å²) >= 11 is 0. The Balaban J connectivity index is 1.79. The van der Waals surface area contributed by atoms with E-state index in [1.165, 1.54) is 18.2 Å². The van der Waals surface area contributed by atoms with Gasteiger partial charge in [-0.15, -0.1) is 0 Å². The van der Waals surface area contributed by atoms with Crippen LogP contribution in [0.2, 0.25) is 0 Å². The summed E-state index contributed by atoms with van der Waals surface area (Å²) in [5, 5.41) is 21.6. The van der Waals surface area contributed by atoms with E-state index in [1.807, 2.05) is 32.0 Å². The summed E-state index contributed by atoms with van der Waals surface area (Å²) < 4.78 is 0. The van der Waals surface area contributed by atoms with Crippen LogP contribution in [0.25, 0.3) is 0 Å². The van der Waals surface area contributed by atoms with Crippen LogP contribution in [0.3, 0.4) is 0 Å². The Morgan fingerprint density at radius 1 is 1.13 bits per heavy atom. The van der Waals surface area contributed by atoms with Gasteiger partial charge in [0.05, 0.1) is 18.0 Å². The predicted molar refractivity (Wildman–Crippen MR) is 114 cm³/mol. The molecule has 0 aliphatic carbocycles. The molecule has 2 amide bonds. The Kier molecular flexibility index (Phi) is 6.40. The lowest BCUT2D eigenvalue weighted by molar-refractivity contribution is -0.136. The number of carboxylic acid groups (broad SMARTS) is 1. The number of hydrogen-bond donors (Lipinski definition) is 3. The third-order valence-corrected chi connectivity index (χ3v) is 5.40. The van der Waals surface area contributed by atoms with Crippen LogP contribution in [0.15, 0.2) is 36.4 Å². The lowest BCUT2D eigenvalue weighted by Crippen LogP contribution is -2.29. The molecule has 3 N–H and O–H groups in total. The third kappa shape index (κ3) is 4.45. The first-order valence-corrected chi connectivity index (χ1v) is 10.1. The number of nitrogens with zero attached hydrogens (tertiary/aromatic N) is 1. The van der Waals surface area contributed by atoms with Crippen LogP contribution in [0.5, 0.6) is 5.75 Å². The van der Waals surface area contributed by atoms with Crippen molar-refractivity contribution in [3.63, 3.8) is 0 Å². The number of aliphatic carboxylic acids is 1. The molecule has 0 aromatic heterocycles. The van der Waals surface area contributed by atoms with Crippen molar-refractivity contribution in [3.8, 4) is 5.75 Å². The monoisotopic (exact) mass is 410 g/mol. The van der Waals surface area contributed by atoms with E-state index < -0.39 is 11.9 Å². The van der Waals surface area contributed by atoms with Crippen LogP contribution < -0.4 is 10.2 Å². The molecular weight excluding hydrogens is 384 g/mol. The standard InChI is InChI=1S/C23H26N2O5/c1-3-15-6-5-7-16(4-2)22(15)25-13-17(12-20(25)27)23(30)24-18-10-14(11-21(28)29)8-9-19(18)26/h5-10,17,26H,3-4,11-13H2,1-2H3,(H,24,30)(H,28,29). The maximum atomic E-state index is 12.8. The topological polar surface area (TPSA) is 107 Å². The van der Waals surface area contributed by atoms with Crippen LogP contribution >= 0.6 is 0 Å². The summed E-state index contributed by atoms with van der Waals surface area (Å²) in [6, 6.07) is 10.3. The minimum Gasteiger partial charge on any atom is -0.506 e. The summed E-state index contributed by atoms with van der Waals surface area (Å²) in [5.74, 6) is -2.19. The number of nitrogens with one attached hydrogen (secondary N) is 1. The Hall–Kier alpha value is -3.35. The maximum Gasteiger partial charge on any atom is 0.307 e. The average Bonchev–Trinajstić information content (AvgIpc) is 3.10. The number of hydrogen-bond acceptors (Lipinski definition) is 4. The summed E-state index contributed by atoms with van der Waals surface area (Å²) in [5.41, 5.74) is 3.65. The predicted octanol–water partition coefficient (Wildman–Crippen LogP) is 3.14. The number of rotatable bonds is 7. The van der Waals surface area contributed by atoms with Crippen LogP contribution in [-0.2, 0) is 33.6 Å². The molecule has 2 aromatic carbocycles. The lowest BCUT2D eigenvalue weighted by atomic mass is 10.0. The van der Waals surface area contributed by atoms with E-state index in [9.17, 15) is 19.5 Å². The Bertz CT molecular complexity index is 963. The van der Waals surface area contributed by atoms with Gasteiger partial charge in [-0.25, -0.2) is 0 Å². The van der Waals surface area contributed by atoms with Gasteiger partial charge in [0.1, 0.15) is 5.75 Å². The van der Waals surface area contributed by atoms with Crippen molar-refractivity contribution in [1.82, 2.24) is 0 Å². The minimum atomic E-state index is -1.00. The zero-order valence-electron chi connectivity index (χ0n) is 17.1. The van der Waals surface area contributed by atoms with Gasteiger partial charge >= 0.3 is 5.97 Å². The molecule has 2 aromatic rings. The molecular formula is C23H26N2O5. The van der Waals surface area contributed by atoms with Gasteiger partial charge in [0.2, 0.25) is 11.8 Å². The van der Waals surface area contributed by atoms with Crippen molar-refractivity contribution in [1.29, 1.82) is 0 Å². The van der Waals surface area contributed by atoms with E-state index in [-0.39, 0.29) is 42.6 Å². The zero-order chi connectivity index (χ0) is 21.8. The van der Waals surface area contributed by atoms with Gasteiger partial charge in [-0.1, -0.05) is 38.1 Å². The number of aryl methyl sites for hydroxylation is 2. The van der Waals surface area contributed by atoms with E-state index >= 15 is 0 Å². The van der Waals surface area contributed by atoms with Crippen LogP contribution in [0.4, 0.5) is 11.4 Å². The number of aromatic hydroxyl groups is 1. The van der Waals surface area contributed by atoms with Gasteiger partial charge < -0.3 is 20.4 Å². The zero-order valence-corrected chi connectivity index (χ0v) is 17.1. The molecule has 7 nitrogen and oxygen atoms in total. The Morgan fingerprint density at radius 3 is 2.40 bits per heavy atom. The Morgan fingerprint density at radius 2 is 1.80 bits per heavy atom. The lowest BCUT2D eigenvalue weighted by Gasteiger charge is -2.23. The van der Waals surface area contributed by atoms with Crippen molar-refractivity contribution in [3.05, 3.63) is 53.1 Å². The second-order valence-corrected chi connectivity index (χ2v) is 7.45. The van der Waals surface area contributed by atoms with Crippen molar-refractivity contribution in [2.45, 2.75) is 39.5 Å². The second-order valence-electron chi connectivity index (χ2n) is 7.45. The molecule has 1 fully saturated rings. The maximum absolute atomic E-state index is 12.8. The van der Waals surface area contributed by atoms with E-state index in [0.29, 0.717) is 5.56 Å². The number of para-hydroxylation sites is 1. The highest BCUT2D eigenvalue weighted by Gasteiger charge is 2.36. The van der Waals surface area contributed by atoms with Gasteiger partial charge in [0.25, 0.3) is 0 Å². The molecule has 0 bridgehead atoms. The molecule has 0 saturated carbocycles. The van der Waals surface area contributed by atoms with Gasteiger partial charge in [-0.05, 0) is 41.7 Å². The number of anilines is 2. The summed E-state index contributed by atoms with van der Waals surface area (Å²) in [6.45, 7) is 4.34. The first-order valence-electron chi connectivity index (χ1n) is 10.1. The first kappa shape index (κ1) is 21.4. The van der Waals surface area contributed by atoms with E-state index in [0.717, 1.165) is 29.7 Å².